The Morgan fingerprint density at radius 3 is 2.24 bits per heavy atom. The molecule has 6 nitrogen and oxygen atoms in total. The van der Waals surface area contributed by atoms with Gasteiger partial charge in [0.1, 0.15) is 17.2 Å². The molecule has 2 aromatic carbocycles. The molecular weight excluding hydrogens is 389 g/mol. The molecule has 0 fully saturated rings. The van der Waals surface area contributed by atoms with Gasteiger partial charge in [-0.3, -0.25) is 0 Å². The van der Waals surface area contributed by atoms with Gasteiger partial charge in [0, 0.05) is 19.2 Å². The molecule has 2 rings (SSSR count). The molecule has 2 aromatic rings. The molecule has 0 heterocycles. The van der Waals surface area contributed by atoms with E-state index in [1.54, 1.807) is 32.4 Å². The van der Waals surface area contributed by atoms with Crippen molar-refractivity contribution in [1.82, 2.24) is 10.2 Å². The van der Waals surface area contributed by atoms with Gasteiger partial charge >= 0.3 is 12.4 Å². The van der Waals surface area contributed by atoms with Crippen LogP contribution in [-0.4, -0.2) is 38.6 Å². The van der Waals surface area contributed by atoms with Crippen molar-refractivity contribution in [3.05, 3.63) is 53.6 Å². The molecule has 1 unspecified atom stereocenters. The number of nitrogens with one attached hydrogen (secondary N) is 1. The van der Waals surface area contributed by atoms with E-state index in [0.29, 0.717) is 17.1 Å². The summed E-state index contributed by atoms with van der Waals surface area (Å²) in [6, 6.07) is 9.94. The second-order valence-electron chi connectivity index (χ2n) is 6.33. The largest absolute Gasteiger partial charge is 0.573 e. The number of methoxy groups -OCH3 is 2. The van der Waals surface area contributed by atoms with Gasteiger partial charge in [0.05, 0.1) is 20.3 Å². The molecule has 0 saturated carbocycles. The van der Waals surface area contributed by atoms with Gasteiger partial charge in [-0.25, -0.2) is 4.79 Å². The number of nitrogens with zero attached hydrogens (tertiary/aromatic N) is 1. The number of amides is 2. The molecule has 9 heteroatoms. The normalized spacial score (nSPS) is 12.1. The standard InChI is InChI=1S/C20H23F3N2O4/c1-13(17-11-16(27-3)9-10-18(17)28-4)24-19(26)25(2)12-14-5-7-15(8-6-14)29-20(21,22)23/h5-11,13H,12H2,1-4H3,(H,24,26). The topological polar surface area (TPSA) is 60.0 Å². The molecule has 0 aliphatic heterocycles. The number of hydrogen-bond donors (Lipinski definition) is 1. The van der Waals surface area contributed by atoms with E-state index in [0.717, 1.165) is 5.56 Å². The third kappa shape index (κ3) is 6.48. The van der Waals surface area contributed by atoms with Gasteiger partial charge in [0.15, 0.2) is 0 Å². The van der Waals surface area contributed by atoms with Crippen LogP contribution < -0.4 is 19.5 Å². The Hall–Kier alpha value is -3.10. The van der Waals surface area contributed by atoms with Crippen LogP contribution in [0.1, 0.15) is 24.1 Å². The lowest BCUT2D eigenvalue weighted by Crippen LogP contribution is -2.38. The van der Waals surface area contributed by atoms with Gasteiger partial charge < -0.3 is 24.4 Å². The molecule has 0 aliphatic rings. The lowest BCUT2D eigenvalue weighted by atomic mass is 10.1. The van der Waals surface area contributed by atoms with Crippen molar-refractivity contribution in [3.8, 4) is 17.2 Å². The number of urea groups is 1. The highest BCUT2D eigenvalue weighted by molar-refractivity contribution is 5.74. The Balaban J connectivity index is 2.00. The first kappa shape index (κ1) is 22.2. The van der Waals surface area contributed by atoms with Gasteiger partial charge in [-0.1, -0.05) is 12.1 Å². The molecular formula is C20H23F3N2O4. The van der Waals surface area contributed by atoms with Crippen molar-refractivity contribution in [2.75, 3.05) is 21.3 Å². The molecule has 0 spiro atoms. The van der Waals surface area contributed by atoms with Crippen LogP contribution in [0.2, 0.25) is 0 Å². The molecule has 2 amide bonds. The lowest BCUT2D eigenvalue weighted by molar-refractivity contribution is -0.274. The molecule has 29 heavy (non-hydrogen) atoms. The third-order valence-electron chi connectivity index (χ3n) is 4.17. The maximum Gasteiger partial charge on any atom is 0.573 e. The first-order chi connectivity index (χ1) is 13.6. The fraction of sp³-hybridized carbons (Fsp3) is 0.350. The Morgan fingerprint density at radius 2 is 1.69 bits per heavy atom. The van der Waals surface area contributed by atoms with Crippen molar-refractivity contribution in [3.63, 3.8) is 0 Å². The average Bonchev–Trinajstić information content (AvgIpc) is 2.67. The van der Waals surface area contributed by atoms with E-state index in [1.165, 1.54) is 36.3 Å². The molecule has 0 radical (unpaired) electrons. The zero-order chi connectivity index (χ0) is 21.6. The number of ether oxygens (including phenoxy) is 3. The van der Waals surface area contributed by atoms with E-state index >= 15 is 0 Å². The summed E-state index contributed by atoms with van der Waals surface area (Å²) in [6.45, 7) is 2.02. The van der Waals surface area contributed by atoms with Gasteiger partial charge in [-0.15, -0.1) is 13.2 Å². The quantitative estimate of drug-likeness (QED) is 0.727. The summed E-state index contributed by atoms with van der Waals surface area (Å²) in [6.07, 6.45) is -4.74. The number of carbonyl (C=O) groups is 1. The third-order valence-corrected chi connectivity index (χ3v) is 4.17. The Labute approximate surface area is 167 Å². The molecule has 158 valence electrons. The van der Waals surface area contributed by atoms with Crippen LogP contribution in [0.25, 0.3) is 0 Å². The summed E-state index contributed by atoms with van der Waals surface area (Å²) in [5.74, 6) is 0.935. The monoisotopic (exact) mass is 412 g/mol. The Kier molecular flexibility index (Phi) is 7.19. The zero-order valence-electron chi connectivity index (χ0n) is 16.5. The van der Waals surface area contributed by atoms with Crippen molar-refractivity contribution in [2.45, 2.75) is 25.9 Å². The summed E-state index contributed by atoms with van der Waals surface area (Å²) in [7, 11) is 4.68. The van der Waals surface area contributed by atoms with E-state index in [9.17, 15) is 18.0 Å². The van der Waals surface area contributed by atoms with Gasteiger partial charge in [-0.2, -0.15) is 0 Å². The SMILES string of the molecule is COc1ccc(OC)c(C(C)NC(=O)N(C)Cc2ccc(OC(F)(F)F)cc2)c1. The smallest absolute Gasteiger partial charge is 0.497 e. The van der Waals surface area contributed by atoms with Crippen molar-refractivity contribution in [1.29, 1.82) is 0 Å². The second kappa shape index (κ2) is 9.40. The first-order valence-electron chi connectivity index (χ1n) is 8.71. The number of halogens is 3. The van der Waals surface area contributed by atoms with E-state index in [-0.39, 0.29) is 24.4 Å². The Bertz CT molecular complexity index is 825. The minimum absolute atomic E-state index is 0.208. The summed E-state index contributed by atoms with van der Waals surface area (Å²) in [5, 5.41) is 2.86. The van der Waals surface area contributed by atoms with Crippen LogP contribution in [-0.2, 0) is 6.54 Å². The molecule has 0 aromatic heterocycles. The van der Waals surface area contributed by atoms with Crippen molar-refractivity contribution < 1.29 is 32.2 Å². The minimum Gasteiger partial charge on any atom is -0.497 e. The predicted octanol–water partition coefficient (Wildman–Crippen LogP) is 4.51. The molecule has 0 bridgehead atoms. The minimum atomic E-state index is -4.74. The van der Waals surface area contributed by atoms with Gasteiger partial charge in [0.25, 0.3) is 0 Å². The maximum absolute atomic E-state index is 12.5. The fourth-order valence-electron chi connectivity index (χ4n) is 2.69. The lowest BCUT2D eigenvalue weighted by Gasteiger charge is -2.23. The highest BCUT2D eigenvalue weighted by Crippen LogP contribution is 2.29. The van der Waals surface area contributed by atoms with Gasteiger partial charge in [-0.05, 0) is 42.8 Å². The fourth-order valence-corrected chi connectivity index (χ4v) is 2.69. The highest BCUT2D eigenvalue weighted by atomic mass is 19.4. The van der Waals surface area contributed by atoms with Gasteiger partial charge in [0.2, 0.25) is 0 Å². The van der Waals surface area contributed by atoms with Crippen molar-refractivity contribution in [2.24, 2.45) is 0 Å². The Morgan fingerprint density at radius 1 is 1.07 bits per heavy atom. The molecule has 0 saturated heterocycles. The summed E-state index contributed by atoms with van der Waals surface area (Å²) >= 11 is 0. The van der Waals surface area contributed by atoms with Crippen LogP contribution >= 0.6 is 0 Å². The maximum atomic E-state index is 12.5. The van der Waals surface area contributed by atoms with E-state index < -0.39 is 6.36 Å². The number of carbonyl (C=O) groups excluding carboxylic acids is 1. The van der Waals surface area contributed by atoms with E-state index in [1.807, 2.05) is 6.92 Å². The zero-order valence-corrected chi connectivity index (χ0v) is 16.5. The van der Waals surface area contributed by atoms with E-state index in [2.05, 4.69) is 10.1 Å². The summed E-state index contributed by atoms with van der Waals surface area (Å²) < 4.78 is 51.1. The predicted molar refractivity (Wildman–Crippen MR) is 101 cm³/mol. The molecule has 1 atom stereocenters. The van der Waals surface area contributed by atoms with Crippen LogP contribution in [0, 0.1) is 0 Å². The number of benzene rings is 2. The van der Waals surface area contributed by atoms with E-state index in [4.69, 9.17) is 9.47 Å². The number of rotatable bonds is 7. The summed E-state index contributed by atoms with van der Waals surface area (Å²) in [5.41, 5.74) is 1.41. The average molecular weight is 412 g/mol. The molecule has 0 aliphatic carbocycles. The van der Waals surface area contributed by atoms with Crippen LogP contribution in [0.15, 0.2) is 42.5 Å². The number of hydrogen-bond acceptors (Lipinski definition) is 4. The van der Waals surface area contributed by atoms with Crippen LogP contribution in [0.4, 0.5) is 18.0 Å². The van der Waals surface area contributed by atoms with Crippen LogP contribution in [0.3, 0.4) is 0 Å². The molecule has 1 N–H and O–H groups in total. The summed E-state index contributed by atoms with van der Waals surface area (Å²) in [4.78, 5) is 13.9. The first-order valence-corrected chi connectivity index (χ1v) is 8.71. The highest BCUT2D eigenvalue weighted by Gasteiger charge is 2.31. The van der Waals surface area contributed by atoms with Crippen molar-refractivity contribution >= 4 is 6.03 Å². The number of alkyl halides is 3. The second-order valence-corrected chi connectivity index (χ2v) is 6.33. The van der Waals surface area contributed by atoms with Crippen LogP contribution in [0.5, 0.6) is 17.2 Å².